The van der Waals surface area contributed by atoms with E-state index in [0.29, 0.717) is 46.9 Å². The van der Waals surface area contributed by atoms with E-state index < -0.39 is 0 Å². The fourth-order valence-electron chi connectivity index (χ4n) is 3.37. The van der Waals surface area contributed by atoms with Gasteiger partial charge in [-0.25, -0.2) is 4.98 Å². The van der Waals surface area contributed by atoms with Crippen molar-refractivity contribution in [2.24, 2.45) is 0 Å². The van der Waals surface area contributed by atoms with Gasteiger partial charge in [0.25, 0.3) is 11.6 Å². The highest BCUT2D eigenvalue weighted by molar-refractivity contribution is 7.10. The molecule has 0 saturated carbocycles. The summed E-state index contributed by atoms with van der Waals surface area (Å²) in [4.78, 5) is 22.4. The standard InChI is InChI=1S/C22H17N3O3S2/c1-14-20-17(11-18(19-7-2-8-27-19)23-21(20)28-24-14)22(26)25(12-15-5-3-9-29-15)13-16-6-4-10-30-16/h2-11H,12-13H2,1H3. The summed E-state index contributed by atoms with van der Waals surface area (Å²) < 4.78 is 10.9. The summed E-state index contributed by atoms with van der Waals surface area (Å²) in [5, 5.41) is 8.72. The van der Waals surface area contributed by atoms with Crippen LogP contribution >= 0.6 is 22.7 Å². The minimum absolute atomic E-state index is 0.0942. The molecule has 0 bridgehead atoms. The van der Waals surface area contributed by atoms with E-state index in [2.05, 4.69) is 10.1 Å². The van der Waals surface area contributed by atoms with Crippen LogP contribution in [0, 0.1) is 6.92 Å². The predicted octanol–water partition coefficient (Wildman–Crippen LogP) is 5.76. The Bertz CT molecular complexity index is 1240. The molecule has 0 fully saturated rings. The van der Waals surface area contributed by atoms with Crippen LogP contribution < -0.4 is 0 Å². The number of rotatable bonds is 6. The van der Waals surface area contributed by atoms with Gasteiger partial charge >= 0.3 is 0 Å². The van der Waals surface area contributed by atoms with Crippen LogP contribution in [0.25, 0.3) is 22.6 Å². The van der Waals surface area contributed by atoms with Gasteiger partial charge in [0.05, 0.1) is 36.0 Å². The molecule has 5 rings (SSSR count). The second-order valence-corrected chi connectivity index (χ2v) is 8.86. The lowest BCUT2D eigenvalue weighted by Gasteiger charge is -2.22. The third kappa shape index (κ3) is 3.55. The predicted molar refractivity (Wildman–Crippen MR) is 116 cm³/mol. The molecule has 5 aromatic rings. The van der Waals surface area contributed by atoms with Crippen molar-refractivity contribution >= 4 is 39.7 Å². The largest absolute Gasteiger partial charge is 0.463 e. The van der Waals surface area contributed by atoms with Crippen molar-refractivity contribution in [2.45, 2.75) is 20.0 Å². The van der Waals surface area contributed by atoms with Crippen molar-refractivity contribution in [3.63, 3.8) is 0 Å². The normalized spacial score (nSPS) is 11.2. The molecule has 6 nitrogen and oxygen atoms in total. The Hall–Kier alpha value is -3.23. The number of amides is 1. The summed E-state index contributed by atoms with van der Waals surface area (Å²) in [6.45, 7) is 2.87. The SMILES string of the molecule is Cc1noc2nc(-c3ccco3)cc(C(=O)N(Cc3cccs3)Cc3cccs3)c12. The number of furan rings is 1. The fourth-order valence-corrected chi connectivity index (χ4v) is 4.80. The third-order valence-corrected chi connectivity index (χ3v) is 6.48. The molecule has 0 atom stereocenters. The lowest BCUT2D eigenvalue weighted by Crippen LogP contribution is -2.29. The van der Waals surface area contributed by atoms with Crippen LogP contribution in [-0.2, 0) is 13.1 Å². The first-order valence-corrected chi connectivity index (χ1v) is 11.1. The van der Waals surface area contributed by atoms with Crippen molar-refractivity contribution in [3.8, 4) is 11.5 Å². The van der Waals surface area contributed by atoms with Crippen LogP contribution in [0.5, 0.6) is 0 Å². The van der Waals surface area contributed by atoms with Gasteiger partial charge in [0.15, 0.2) is 5.76 Å². The number of aromatic nitrogens is 2. The number of carbonyl (C=O) groups is 1. The molecule has 0 saturated heterocycles. The molecule has 1 amide bonds. The summed E-state index contributed by atoms with van der Waals surface area (Å²) >= 11 is 3.27. The Morgan fingerprint density at radius 1 is 1.07 bits per heavy atom. The number of hydrogen-bond acceptors (Lipinski definition) is 7. The second kappa shape index (κ2) is 7.89. The molecular weight excluding hydrogens is 418 g/mol. The van der Waals surface area contributed by atoms with Gasteiger partial charge in [-0.15, -0.1) is 22.7 Å². The number of aryl methyl sites for hydroxylation is 1. The van der Waals surface area contributed by atoms with Crippen molar-refractivity contribution in [2.75, 3.05) is 0 Å². The van der Waals surface area contributed by atoms with E-state index in [1.54, 1.807) is 47.1 Å². The highest BCUT2D eigenvalue weighted by atomic mass is 32.1. The summed E-state index contributed by atoms with van der Waals surface area (Å²) in [6, 6.07) is 13.4. The Labute approximate surface area is 180 Å². The molecule has 0 radical (unpaired) electrons. The first kappa shape index (κ1) is 18.8. The lowest BCUT2D eigenvalue weighted by atomic mass is 10.1. The van der Waals surface area contributed by atoms with Crippen LogP contribution in [0.4, 0.5) is 0 Å². The van der Waals surface area contributed by atoms with E-state index in [4.69, 9.17) is 8.94 Å². The van der Waals surface area contributed by atoms with Gasteiger partial charge in [0.2, 0.25) is 0 Å². The summed E-state index contributed by atoms with van der Waals surface area (Å²) in [5.41, 5.74) is 2.02. The molecule has 0 unspecified atom stereocenters. The fraction of sp³-hybridized carbons (Fsp3) is 0.136. The van der Waals surface area contributed by atoms with Crippen molar-refractivity contribution in [1.29, 1.82) is 0 Å². The van der Waals surface area contributed by atoms with E-state index in [0.717, 1.165) is 9.75 Å². The molecule has 0 N–H and O–H groups in total. The average molecular weight is 436 g/mol. The maximum absolute atomic E-state index is 13.8. The minimum Gasteiger partial charge on any atom is -0.463 e. The smallest absolute Gasteiger partial charge is 0.259 e. The van der Waals surface area contributed by atoms with Crippen molar-refractivity contribution in [1.82, 2.24) is 15.0 Å². The Balaban J connectivity index is 1.60. The topological polar surface area (TPSA) is 72.4 Å². The number of carbonyl (C=O) groups excluding carboxylic acids is 1. The van der Waals surface area contributed by atoms with Crippen LogP contribution in [0.15, 0.2) is 68.4 Å². The molecule has 150 valence electrons. The first-order valence-electron chi connectivity index (χ1n) is 9.34. The van der Waals surface area contributed by atoms with Gasteiger partial charge in [0, 0.05) is 9.75 Å². The lowest BCUT2D eigenvalue weighted by molar-refractivity contribution is 0.0735. The van der Waals surface area contributed by atoms with Gasteiger partial charge in [0.1, 0.15) is 5.69 Å². The second-order valence-electron chi connectivity index (χ2n) is 6.80. The Kier molecular flexibility index (Phi) is 4.94. The zero-order valence-corrected chi connectivity index (χ0v) is 17.7. The van der Waals surface area contributed by atoms with Gasteiger partial charge in [-0.3, -0.25) is 4.79 Å². The molecule has 0 aliphatic heterocycles. The number of hydrogen-bond donors (Lipinski definition) is 0. The maximum Gasteiger partial charge on any atom is 0.259 e. The van der Waals surface area contributed by atoms with Gasteiger partial charge in [-0.05, 0) is 48.0 Å². The van der Waals surface area contributed by atoms with Gasteiger partial charge < -0.3 is 13.8 Å². The Morgan fingerprint density at radius 2 is 1.80 bits per heavy atom. The van der Waals surface area contributed by atoms with E-state index in [1.807, 2.05) is 46.8 Å². The van der Waals surface area contributed by atoms with Crippen LogP contribution in [0.3, 0.4) is 0 Å². The monoisotopic (exact) mass is 435 g/mol. The number of fused-ring (bicyclic) bond motifs is 1. The zero-order chi connectivity index (χ0) is 20.5. The quantitative estimate of drug-likeness (QED) is 0.339. The highest BCUT2D eigenvalue weighted by Crippen LogP contribution is 2.29. The number of thiophene rings is 2. The zero-order valence-electron chi connectivity index (χ0n) is 16.1. The number of nitrogens with zero attached hydrogens (tertiary/aromatic N) is 3. The molecule has 0 aliphatic rings. The van der Waals surface area contributed by atoms with Crippen LogP contribution in [0.1, 0.15) is 25.8 Å². The van der Waals surface area contributed by atoms with Crippen molar-refractivity contribution in [3.05, 3.63) is 80.5 Å². The summed E-state index contributed by atoms with van der Waals surface area (Å²) in [6.07, 6.45) is 1.58. The average Bonchev–Trinajstić information content (AvgIpc) is 3.54. The minimum atomic E-state index is -0.0942. The maximum atomic E-state index is 13.8. The van der Waals surface area contributed by atoms with Crippen LogP contribution in [-0.4, -0.2) is 20.9 Å². The van der Waals surface area contributed by atoms with E-state index in [9.17, 15) is 4.79 Å². The molecule has 0 spiro atoms. The van der Waals surface area contributed by atoms with Crippen molar-refractivity contribution < 1.29 is 13.7 Å². The molecule has 8 heteroatoms. The molecule has 5 aromatic heterocycles. The summed E-state index contributed by atoms with van der Waals surface area (Å²) in [7, 11) is 0. The van der Waals surface area contributed by atoms with Crippen LogP contribution in [0.2, 0.25) is 0 Å². The first-order chi connectivity index (χ1) is 14.7. The van der Waals surface area contributed by atoms with Gasteiger partial charge in [-0.1, -0.05) is 17.3 Å². The highest BCUT2D eigenvalue weighted by Gasteiger charge is 2.25. The molecule has 0 aliphatic carbocycles. The summed E-state index contributed by atoms with van der Waals surface area (Å²) in [5.74, 6) is 0.478. The number of pyridine rings is 1. The molecule has 0 aromatic carbocycles. The van der Waals surface area contributed by atoms with E-state index in [1.165, 1.54) is 0 Å². The Morgan fingerprint density at radius 3 is 2.40 bits per heavy atom. The van der Waals surface area contributed by atoms with E-state index >= 15 is 0 Å². The van der Waals surface area contributed by atoms with E-state index in [-0.39, 0.29) is 5.91 Å². The molecule has 30 heavy (non-hydrogen) atoms. The third-order valence-electron chi connectivity index (χ3n) is 4.76. The van der Waals surface area contributed by atoms with Gasteiger partial charge in [-0.2, -0.15) is 0 Å². The molecular formula is C22H17N3O3S2. The molecule has 5 heterocycles.